The van der Waals surface area contributed by atoms with Gasteiger partial charge in [-0.15, -0.1) is 0 Å². The number of aryl methyl sites for hydroxylation is 2. The van der Waals surface area contributed by atoms with Gasteiger partial charge >= 0.3 is 0 Å². The molecule has 3 nitrogen and oxygen atoms in total. The first-order chi connectivity index (χ1) is 9.11. The maximum absolute atomic E-state index is 12.0. The van der Waals surface area contributed by atoms with Crippen molar-refractivity contribution in [1.82, 2.24) is 9.78 Å². The van der Waals surface area contributed by atoms with E-state index in [0.717, 1.165) is 28.9 Å². The van der Waals surface area contributed by atoms with Gasteiger partial charge in [0.15, 0.2) is 5.78 Å². The third-order valence-electron chi connectivity index (χ3n) is 3.16. The lowest BCUT2D eigenvalue weighted by Gasteiger charge is -1.99. The zero-order chi connectivity index (χ0) is 13.8. The van der Waals surface area contributed by atoms with E-state index in [1.54, 1.807) is 12.3 Å². The fourth-order valence-corrected chi connectivity index (χ4v) is 2.00. The van der Waals surface area contributed by atoms with E-state index in [4.69, 9.17) is 0 Å². The molecular formula is C16H18N2O. The summed E-state index contributed by atoms with van der Waals surface area (Å²) in [6.07, 6.45) is 5.23. The van der Waals surface area contributed by atoms with E-state index in [9.17, 15) is 4.79 Å². The van der Waals surface area contributed by atoms with Crippen LogP contribution in [0, 0.1) is 13.8 Å². The van der Waals surface area contributed by atoms with Crippen molar-refractivity contribution >= 4 is 11.9 Å². The topological polar surface area (TPSA) is 34.9 Å². The first kappa shape index (κ1) is 13.3. The van der Waals surface area contributed by atoms with Crippen molar-refractivity contribution in [3.63, 3.8) is 0 Å². The van der Waals surface area contributed by atoms with Crippen LogP contribution in [0.25, 0.3) is 6.08 Å². The van der Waals surface area contributed by atoms with Crippen LogP contribution in [0.3, 0.4) is 0 Å². The molecular weight excluding hydrogens is 236 g/mol. The zero-order valence-electron chi connectivity index (χ0n) is 11.6. The first-order valence-electron chi connectivity index (χ1n) is 6.43. The molecule has 0 aliphatic rings. The van der Waals surface area contributed by atoms with Crippen LogP contribution < -0.4 is 0 Å². The number of hydrogen-bond donors (Lipinski definition) is 0. The summed E-state index contributed by atoms with van der Waals surface area (Å²) in [4.78, 5) is 12.0. The molecule has 0 aliphatic carbocycles. The fourth-order valence-electron chi connectivity index (χ4n) is 2.00. The molecule has 2 rings (SSSR count). The molecule has 1 aromatic heterocycles. The fraction of sp³-hybridized carbons (Fsp3) is 0.250. The number of carbonyl (C=O) groups is 1. The second-order valence-corrected chi connectivity index (χ2v) is 4.57. The number of rotatable bonds is 4. The second kappa shape index (κ2) is 5.65. The molecule has 0 radical (unpaired) electrons. The van der Waals surface area contributed by atoms with Crippen molar-refractivity contribution < 1.29 is 4.79 Å². The van der Waals surface area contributed by atoms with Crippen LogP contribution in [-0.2, 0) is 6.54 Å². The van der Waals surface area contributed by atoms with Crippen molar-refractivity contribution in [2.45, 2.75) is 27.3 Å². The number of aromatic nitrogens is 2. The molecule has 2 aromatic rings. The Morgan fingerprint density at radius 2 is 2.16 bits per heavy atom. The molecule has 0 saturated carbocycles. The van der Waals surface area contributed by atoms with Gasteiger partial charge in [-0.25, -0.2) is 0 Å². The van der Waals surface area contributed by atoms with Gasteiger partial charge in [0.25, 0.3) is 0 Å². The van der Waals surface area contributed by atoms with Crippen LogP contribution in [0.4, 0.5) is 0 Å². The van der Waals surface area contributed by atoms with Gasteiger partial charge in [0.2, 0.25) is 0 Å². The third-order valence-corrected chi connectivity index (χ3v) is 3.16. The second-order valence-electron chi connectivity index (χ2n) is 4.57. The van der Waals surface area contributed by atoms with Crippen LogP contribution in [0.5, 0.6) is 0 Å². The number of nitrogens with zero attached hydrogens (tertiary/aromatic N) is 2. The van der Waals surface area contributed by atoms with Crippen molar-refractivity contribution in [2.75, 3.05) is 0 Å². The molecule has 0 amide bonds. The van der Waals surface area contributed by atoms with Crippen LogP contribution in [0.15, 0.2) is 36.5 Å². The third kappa shape index (κ3) is 2.99. The van der Waals surface area contributed by atoms with Crippen molar-refractivity contribution in [1.29, 1.82) is 0 Å². The molecule has 3 heteroatoms. The lowest BCUT2D eigenvalue weighted by atomic mass is 10.1. The minimum absolute atomic E-state index is 0.0207. The molecule has 1 aromatic carbocycles. The minimum Gasteiger partial charge on any atom is -0.289 e. The van der Waals surface area contributed by atoms with Gasteiger partial charge in [-0.3, -0.25) is 9.48 Å². The van der Waals surface area contributed by atoms with Crippen molar-refractivity contribution in [3.8, 4) is 0 Å². The van der Waals surface area contributed by atoms with Crippen LogP contribution in [-0.4, -0.2) is 15.6 Å². The summed E-state index contributed by atoms with van der Waals surface area (Å²) in [5.41, 5.74) is 3.88. The van der Waals surface area contributed by atoms with Gasteiger partial charge in [0.05, 0.1) is 6.20 Å². The molecule has 1 heterocycles. The average molecular weight is 254 g/mol. The summed E-state index contributed by atoms with van der Waals surface area (Å²) < 4.78 is 1.91. The normalized spacial score (nSPS) is 11.1. The maximum atomic E-state index is 12.0. The van der Waals surface area contributed by atoms with Gasteiger partial charge in [0.1, 0.15) is 0 Å². The van der Waals surface area contributed by atoms with Gasteiger partial charge in [-0.2, -0.15) is 5.10 Å². The molecule has 0 bridgehead atoms. The summed E-state index contributed by atoms with van der Waals surface area (Å²) >= 11 is 0. The maximum Gasteiger partial charge on any atom is 0.185 e. The number of ketones is 1. The van der Waals surface area contributed by atoms with Crippen molar-refractivity contribution in [2.24, 2.45) is 0 Å². The number of hydrogen-bond acceptors (Lipinski definition) is 2. The summed E-state index contributed by atoms with van der Waals surface area (Å²) in [6.45, 7) is 6.88. The molecule has 0 unspecified atom stereocenters. The molecule has 0 atom stereocenters. The van der Waals surface area contributed by atoms with E-state index in [0.29, 0.717) is 0 Å². The number of benzene rings is 1. The Bertz CT molecular complexity index is 623. The zero-order valence-corrected chi connectivity index (χ0v) is 11.6. The smallest absolute Gasteiger partial charge is 0.185 e. The Labute approximate surface area is 113 Å². The Balaban J connectivity index is 2.18. The highest BCUT2D eigenvalue weighted by atomic mass is 16.1. The van der Waals surface area contributed by atoms with E-state index in [1.165, 1.54) is 0 Å². The SMILES string of the molecule is CCn1ncc(/C=C/C(=O)c2cccc(C)c2)c1C. The highest BCUT2D eigenvalue weighted by molar-refractivity contribution is 6.06. The summed E-state index contributed by atoms with van der Waals surface area (Å²) in [5.74, 6) is 0.0207. The molecule has 0 spiro atoms. The van der Waals surface area contributed by atoms with Gasteiger partial charge < -0.3 is 0 Å². The lowest BCUT2D eigenvalue weighted by Crippen LogP contribution is -1.98. The predicted molar refractivity (Wildman–Crippen MR) is 77.2 cm³/mol. The Kier molecular flexibility index (Phi) is 3.95. The van der Waals surface area contributed by atoms with Crippen molar-refractivity contribution in [3.05, 3.63) is 58.9 Å². The summed E-state index contributed by atoms with van der Waals surface area (Å²) in [6, 6.07) is 7.61. The Hall–Kier alpha value is -2.16. The van der Waals surface area contributed by atoms with E-state index >= 15 is 0 Å². The molecule has 0 saturated heterocycles. The first-order valence-corrected chi connectivity index (χ1v) is 6.43. The van der Waals surface area contributed by atoms with E-state index in [-0.39, 0.29) is 5.78 Å². The van der Waals surface area contributed by atoms with Gasteiger partial charge in [-0.1, -0.05) is 23.8 Å². The molecule has 19 heavy (non-hydrogen) atoms. The summed E-state index contributed by atoms with van der Waals surface area (Å²) in [5, 5.41) is 4.25. The Morgan fingerprint density at radius 3 is 2.79 bits per heavy atom. The molecule has 0 fully saturated rings. The Morgan fingerprint density at radius 1 is 1.37 bits per heavy atom. The predicted octanol–water partition coefficient (Wildman–Crippen LogP) is 3.42. The standard InChI is InChI=1S/C16H18N2O/c1-4-18-13(3)15(11-17-18)8-9-16(19)14-7-5-6-12(2)10-14/h5-11H,4H2,1-3H3/b9-8+. The van der Waals surface area contributed by atoms with Crippen LogP contribution >= 0.6 is 0 Å². The molecule has 98 valence electrons. The quantitative estimate of drug-likeness (QED) is 0.619. The van der Waals surface area contributed by atoms with Crippen LogP contribution in [0.2, 0.25) is 0 Å². The van der Waals surface area contributed by atoms with E-state index in [2.05, 4.69) is 5.10 Å². The minimum atomic E-state index is 0.0207. The molecule has 0 aliphatic heterocycles. The molecule has 0 N–H and O–H groups in total. The highest BCUT2D eigenvalue weighted by Crippen LogP contribution is 2.11. The monoisotopic (exact) mass is 254 g/mol. The number of allylic oxidation sites excluding steroid dienone is 1. The largest absolute Gasteiger partial charge is 0.289 e. The van der Waals surface area contributed by atoms with E-state index < -0.39 is 0 Å². The van der Waals surface area contributed by atoms with Crippen LogP contribution in [0.1, 0.15) is 34.1 Å². The summed E-state index contributed by atoms with van der Waals surface area (Å²) in [7, 11) is 0. The highest BCUT2D eigenvalue weighted by Gasteiger charge is 2.04. The van der Waals surface area contributed by atoms with Gasteiger partial charge in [-0.05, 0) is 39.0 Å². The van der Waals surface area contributed by atoms with E-state index in [1.807, 2.05) is 55.8 Å². The van der Waals surface area contributed by atoms with Gasteiger partial charge in [0, 0.05) is 23.4 Å². The average Bonchev–Trinajstić information content (AvgIpc) is 2.76. The lowest BCUT2D eigenvalue weighted by molar-refractivity contribution is 0.104. The number of carbonyl (C=O) groups excluding carboxylic acids is 1.